The molecular weight excluding hydrogens is 267 g/mol. The van der Waals surface area contributed by atoms with Crippen LogP contribution in [0, 0.1) is 0 Å². The van der Waals surface area contributed by atoms with Gasteiger partial charge in [0.1, 0.15) is 0 Å². The van der Waals surface area contributed by atoms with Crippen LogP contribution in [0.5, 0.6) is 0 Å². The van der Waals surface area contributed by atoms with Crippen LogP contribution in [-0.2, 0) is 6.54 Å². The van der Waals surface area contributed by atoms with Crippen molar-refractivity contribution in [2.45, 2.75) is 13.0 Å². The fourth-order valence-electron chi connectivity index (χ4n) is 2.30. The Morgan fingerprint density at radius 1 is 0.944 bits per heavy atom. The van der Waals surface area contributed by atoms with Crippen molar-refractivity contribution in [2.75, 3.05) is 38.6 Å². The second kappa shape index (κ2) is 8.76. The molecule has 18 heavy (non-hydrogen) atoms. The Morgan fingerprint density at radius 3 is 2.17 bits per heavy atom. The van der Waals surface area contributed by atoms with Crippen LogP contribution in [0.2, 0.25) is 0 Å². The lowest BCUT2D eigenvalue weighted by atomic mass is 10.2. The fourth-order valence-corrected chi connectivity index (χ4v) is 2.42. The van der Waals surface area contributed by atoms with Crippen LogP contribution in [-0.4, -0.2) is 48.4 Å². The predicted molar refractivity (Wildman–Crippen MR) is 80.7 cm³/mol. The molecule has 0 aromatic heterocycles. The third kappa shape index (κ3) is 5.15. The summed E-state index contributed by atoms with van der Waals surface area (Å²) >= 11 is 5.72. The second-order valence-electron chi connectivity index (χ2n) is 4.65. The molecule has 1 aliphatic rings. The van der Waals surface area contributed by atoms with Gasteiger partial charge in [0.25, 0.3) is 0 Å². The zero-order valence-electron chi connectivity index (χ0n) is 10.7. The average molecular weight is 289 g/mol. The highest BCUT2D eigenvalue weighted by Gasteiger charge is 2.15. The van der Waals surface area contributed by atoms with Crippen LogP contribution < -0.4 is 0 Å². The summed E-state index contributed by atoms with van der Waals surface area (Å²) in [5.41, 5.74) is 1.42. The lowest BCUT2D eigenvalue weighted by molar-refractivity contribution is 0.127. The van der Waals surface area contributed by atoms with E-state index in [9.17, 15) is 0 Å². The molecule has 1 saturated heterocycles. The van der Waals surface area contributed by atoms with Gasteiger partial charge in [-0.3, -0.25) is 4.90 Å². The summed E-state index contributed by atoms with van der Waals surface area (Å²) in [4.78, 5) is 5.05. The number of hydrogen-bond donors (Lipinski definition) is 0. The van der Waals surface area contributed by atoms with E-state index in [1.165, 1.54) is 31.7 Å². The molecule has 1 aliphatic heterocycles. The van der Waals surface area contributed by atoms with Gasteiger partial charge in [-0.2, -0.15) is 0 Å². The molecule has 1 heterocycles. The van der Waals surface area contributed by atoms with Crippen molar-refractivity contribution in [1.29, 1.82) is 0 Å². The Balaban J connectivity index is 0.00000162. The topological polar surface area (TPSA) is 6.48 Å². The molecule has 0 radical (unpaired) electrons. The van der Waals surface area contributed by atoms with E-state index < -0.39 is 0 Å². The Hall–Kier alpha value is -0.280. The number of piperazine rings is 1. The average Bonchev–Trinajstić information content (AvgIpc) is 2.39. The third-order valence-corrected chi connectivity index (χ3v) is 3.59. The van der Waals surface area contributed by atoms with Crippen LogP contribution >= 0.6 is 24.0 Å². The molecule has 0 bridgehead atoms. The van der Waals surface area contributed by atoms with Crippen molar-refractivity contribution in [2.24, 2.45) is 0 Å². The van der Waals surface area contributed by atoms with Crippen molar-refractivity contribution in [1.82, 2.24) is 9.80 Å². The molecule has 0 unspecified atom stereocenters. The molecule has 1 fully saturated rings. The van der Waals surface area contributed by atoms with Gasteiger partial charge in [0.2, 0.25) is 0 Å². The molecule has 0 N–H and O–H groups in total. The number of rotatable bonds is 5. The molecule has 1 aromatic rings. The number of benzene rings is 1. The van der Waals surface area contributed by atoms with Crippen LogP contribution in [0.4, 0.5) is 0 Å². The minimum absolute atomic E-state index is 0. The summed E-state index contributed by atoms with van der Waals surface area (Å²) in [6.45, 7) is 6.97. The maximum absolute atomic E-state index is 5.72. The standard InChI is InChI=1S/C14H21ClN2.ClH/c15-7-4-8-16-9-11-17(12-10-16)13-14-5-2-1-3-6-14;/h1-3,5-6H,4,7-13H2;1H. The van der Waals surface area contributed by atoms with Gasteiger partial charge in [0.15, 0.2) is 0 Å². The van der Waals surface area contributed by atoms with Gasteiger partial charge in [-0.05, 0) is 18.5 Å². The minimum Gasteiger partial charge on any atom is -0.301 e. The smallest absolute Gasteiger partial charge is 0.0235 e. The number of nitrogens with zero attached hydrogens (tertiary/aromatic N) is 2. The predicted octanol–water partition coefficient (Wildman–Crippen LogP) is 2.85. The highest BCUT2D eigenvalue weighted by Crippen LogP contribution is 2.08. The Morgan fingerprint density at radius 2 is 1.56 bits per heavy atom. The third-order valence-electron chi connectivity index (χ3n) is 3.32. The minimum atomic E-state index is 0. The van der Waals surface area contributed by atoms with Crippen LogP contribution in [0.1, 0.15) is 12.0 Å². The highest BCUT2D eigenvalue weighted by atomic mass is 35.5. The van der Waals surface area contributed by atoms with Crippen molar-refractivity contribution in [3.63, 3.8) is 0 Å². The van der Waals surface area contributed by atoms with Gasteiger partial charge in [-0.15, -0.1) is 24.0 Å². The molecule has 0 aliphatic carbocycles. The summed E-state index contributed by atoms with van der Waals surface area (Å²) in [6, 6.07) is 10.7. The Bertz CT molecular complexity index is 311. The normalized spacial score (nSPS) is 17.4. The van der Waals surface area contributed by atoms with Gasteiger partial charge in [-0.1, -0.05) is 30.3 Å². The molecule has 1 aromatic carbocycles. The molecule has 102 valence electrons. The first-order chi connectivity index (χ1) is 8.38. The molecule has 2 rings (SSSR count). The van der Waals surface area contributed by atoms with Crippen LogP contribution in [0.25, 0.3) is 0 Å². The van der Waals surface area contributed by atoms with E-state index in [0.29, 0.717) is 0 Å². The van der Waals surface area contributed by atoms with E-state index in [2.05, 4.69) is 40.1 Å². The van der Waals surface area contributed by atoms with E-state index in [0.717, 1.165) is 25.4 Å². The first-order valence-corrected chi connectivity index (χ1v) is 6.96. The summed E-state index contributed by atoms with van der Waals surface area (Å²) in [5, 5.41) is 0. The molecule has 0 saturated carbocycles. The highest BCUT2D eigenvalue weighted by molar-refractivity contribution is 6.17. The second-order valence-corrected chi connectivity index (χ2v) is 5.02. The summed E-state index contributed by atoms with van der Waals surface area (Å²) in [5.74, 6) is 0.782. The first kappa shape index (κ1) is 15.8. The summed E-state index contributed by atoms with van der Waals surface area (Å²) in [7, 11) is 0. The Kier molecular flexibility index (Phi) is 7.68. The maximum Gasteiger partial charge on any atom is 0.0235 e. The van der Waals surface area contributed by atoms with Crippen LogP contribution in [0.3, 0.4) is 0 Å². The molecular formula is C14H22Cl2N2. The van der Waals surface area contributed by atoms with Crippen molar-refractivity contribution >= 4 is 24.0 Å². The van der Waals surface area contributed by atoms with Gasteiger partial charge in [0, 0.05) is 38.6 Å². The van der Waals surface area contributed by atoms with E-state index in [1.807, 2.05) is 0 Å². The van der Waals surface area contributed by atoms with E-state index in [-0.39, 0.29) is 12.4 Å². The van der Waals surface area contributed by atoms with Crippen LogP contribution in [0.15, 0.2) is 30.3 Å². The van der Waals surface area contributed by atoms with Gasteiger partial charge in [-0.25, -0.2) is 0 Å². The lowest BCUT2D eigenvalue weighted by Gasteiger charge is -2.34. The zero-order valence-corrected chi connectivity index (χ0v) is 12.3. The first-order valence-electron chi connectivity index (χ1n) is 6.43. The molecule has 4 heteroatoms. The summed E-state index contributed by atoms with van der Waals surface area (Å²) < 4.78 is 0. The largest absolute Gasteiger partial charge is 0.301 e. The number of alkyl halides is 1. The maximum atomic E-state index is 5.72. The fraction of sp³-hybridized carbons (Fsp3) is 0.571. The van der Waals surface area contributed by atoms with Crippen molar-refractivity contribution in [3.8, 4) is 0 Å². The van der Waals surface area contributed by atoms with Gasteiger partial charge < -0.3 is 4.90 Å². The van der Waals surface area contributed by atoms with E-state index in [4.69, 9.17) is 11.6 Å². The Labute approximate surface area is 121 Å². The van der Waals surface area contributed by atoms with Crippen molar-refractivity contribution < 1.29 is 0 Å². The lowest BCUT2D eigenvalue weighted by Crippen LogP contribution is -2.46. The number of hydrogen-bond acceptors (Lipinski definition) is 2. The van der Waals surface area contributed by atoms with Gasteiger partial charge >= 0.3 is 0 Å². The quantitative estimate of drug-likeness (QED) is 0.769. The summed E-state index contributed by atoms with van der Waals surface area (Å²) in [6.07, 6.45) is 1.11. The number of halogens is 2. The van der Waals surface area contributed by atoms with Gasteiger partial charge in [0.05, 0.1) is 0 Å². The van der Waals surface area contributed by atoms with E-state index in [1.54, 1.807) is 0 Å². The molecule has 0 spiro atoms. The SMILES string of the molecule is Cl.ClCCCN1CCN(Cc2ccccc2)CC1. The molecule has 0 atom stereocenters. The zero-order chi connectivity index (χ0) is 11.9. The molecule has 0 amide bonds. The van der Waals surface area contributed by atoms with Crippen molar-refractivity contribution in [3.05, 3.63) is 35.9 Å². The monoisotopic (exact) mass is 288 g/mol. The van der Waals surface area contributed by atoms with E-state index >= 15 is 0 Å². The molecule has 2 nitrogen and oxygen atoms in total.